The van der Waals surface area contributed by atoms with E-state index < -0.39 is 0 Å². The number of hydrogen-bond acceptors (Lipinski definition) is 3. The molecule has 5 nitrogen and oxygen atoms in total. The lowest BCUT2D eigenvalue weighted by Gasteiger charge is -2.30. The third-order valence-electron chi connectivity index (χ3n) is 5.01. The van der Waals surface area contributed by atoms with Gasteiger partial charge in [-0.3, -0.25) is 4.99 Å². The van der Waals surface area contributed by atoms with E-state index in [-0.39, 0.29) is 47.2 Å². The van der Waals surface area contributed by atoms with E-state index in [9.17, 15) is 9.50 Å². The Kier molecular flexibility index (Phi) is 9.26. The van der Waals surface area contributed by atoms with Gasteiger partial charge in [0.25, 0.3) is 0 Å². The molecule has 0 spiro atoms. The van der Waals surface area contributed by atoms with Crippen LogP contribution in [-0.4, -0.2) is 51.0 Å². The van der Waals surface area contributed by atoms with Gasteiger partial charge in [-0.1, -0.05) is 26.0 Å². The Morgan fingerprint density at radius 1 is 1.31 bits per heavy atom. The van der Waals surface area contributed by atoms with Crippen molar-refractivity contribution in [2.75, 3.05) is 40.0 Å². The SMILES string of the molecule is CN=C(NCC1(CCO)CCOC1)NCC(C)(C)c1ccc(F)cc1.I. The summed E-state index contributed by atoms with van der Waals surface area (Å²) in [5, 5.41) is 16.0. The molecule has 0 radical (unpaired) electrons. The predicted molar refractivity (Wildman–Crippen MR) is 114 cm³/mol. The number of aliphatic hydroxyl groups is 1. The number of halogens is 2. The van der Waals surface area contributed by atoms with Gasteiger partial charge in [0.15, 0.2) is 5.96 Å². The van der Waals surface area contributed by atoms with Crippen LogP contribution in [0.3, 0.4) is 0 Å². The summed E-state index contributed by atoms with van der Waals surface area (Å²) in [6.07, 6.45) is 1.66. The Labute approximate surface area is 172 Å². The van der Waals surface area contributed by atoms with Crippen LogP contribution < -0.4 is 10.6 Å². The minimum Gasteiger partial charge on any atom is -0.396 e. The van der Waals surface area contributed by atoms with Crippen LogP contribution >= 0.6 is 24.0 Å². The molecule has 0 aliphatic carbocycles. The highest BCUT2D eigenvalue weighted by Gasteiger charge is 2.34. The fourth-order valence-electron chi connectivity index (χ4n) is 3.11. The molecule has 1 saturated heterocycles. The van der Waals surface area contributed by atoms with Crippen LogP contribution in [0.15, 0.2) is 29.3 Å². The summed E-state index contributed by atoms with van der Waals surface area (Å²) in [4.78, 5) is 4.28. The zero-order valence-electron chi connectivity index (χ0n) is 15.8. The topological polar surface area (TPSA) is 65.9 Å². The third-order valence-corrected chi connectivity index (χ3v) is 5.01. The van der Waals surface area contributed by atoms with Crippen molar-refractivity contribution in [2.45, 2.75) is 32.1 Å². The molecular weight excluding hydrogens is 448 g/mol. The standard InChI is InChI=1S/C19H30FN3O2.HI/c1-18(2,15-4-6-16(20)7-5-15)12-22-17(21-3)23-13-19(8-10-24)9-11-25-14-19;/h4-7,24H,8-14H2,1-3H3,(H2,21,22,23);1H. The van der Waals surface area contributed by atoms with E-state index in [0.29, 0.717) is 19.7 Å². The molecule has 1 fully saturated rings. The number of rotatable bonds is 7. The van der Waals surface area contributed by atoms with Crippen LogP contribution in [0.25, 0.3) is 0 Å². The van der Waals surface area contributed by atoms with Crippen LogP contribution in [-0.2, 0) is 10.2 Å². The van der Waals surface area contributed by atoms with Gasteiger partial charge in [0, 0.05) is 44.2 Å². The van der Waals surface area contributed by atoms with E-state index in [1.165, 1.54) is 12.1 Å². The Balaban J connectivity index is 0.00000338. The second-order valence-electron chi connectivity index (χ2n) is 7.45. The van der Waals surface area contributed by atoms with E-state index in [2.05, 4.69) is 29.5 Å². The van der Waals surface area contributed by atoms with Gasteiger partial charge in [-0.05, 0) is 30.5 Å². The molecule has 0 saturated carbocycles. The fraction of sp³-hybridized carbons (Fsp3) is 0.632. The maximum absolute atomic E-state index is 13.1. The second-order valence-corrected chi connectivity index (χ2v) is 7.45. The highest BCUT2D eigenvalue weighted by Crippen LogP contribution is 2.31. The Morgan fingerprint density at radius 3 is 2.54 bits per heavy atom. The first-order valence-corrected chi connectivity index (χ1v) is 8.80. The number of nitrogens with one attached hydrogen (secondary N) is 2. The number of guanidine groups is 1. The summed E-state index contributed by atoms with van der Waals surface area (Å²) in [7, 11) is 1.74. The Hall–Kier alpha value is -0.930. The quantitative estimate of drug-likeness (QED) is 0.320. The van der Waals surface area contributed by atoms with Gasteiger partial charge in [-0.25, -0.2) is 4.39 Å². The molecule has 1 aromatic rings. The fourth-order valence-corrected chi connectivity index (χ4v) is 3.11. The third kappa shape index (κ3) is 6.35. The summed E-state index contributed by atoms with van der Waals surface area (Å²) < 4.78 is 18.6. The summed E-state index contributed by atoms with van der Waals surface area (Å²) in [6, 6.07) is 6.62. The van der Waals surface area contributed by atoms with E-state index in [4.69, 9.17) is 4.74 Å². The maximum atomic E-state index is 13.1. The van der Waals surface area contributed by atoms with Gasteiger partial charge in [-0.2, -0.15) is 0 Å². The minimum absolute atomic E-state index is 0. The molecule has 7 heteroatoms. The summed E-state index contributed by atoms with van der Waals surface area (Å²) >= 11 is 0. The molecular formula is C19H31FIN3O2. The van der Waals surface area contributed by atoms with Crippen molar-refractivity contribution in [3.63, 3.8) is 0 Å². The first kappa shape index (κ1) is 23.1. The number of aliphatic imine (C=N–C) groups is 1. The largest absolute Gasteiger partial charge is 0.396 e. The van der Waals surface area contributed by atoms with Crippen LogP contribution in [0.1, 0.15) is 32.3 Å². The molecule has 2 rings (SSSR count). The Morgan fingerprint density at radius 2 is 2.00 bits per heavy atom. The van der Waals surface area contributed by atoms with Crippen molar-refractivity contribution in [2.24, 2.45) is 10.4 Å². The van der Waals surface area contributed by atoms with Crippen molar-refractivity contribution < 1.29 is 14.2 Å². The lowest BCUT2D eigenvalue weighted by Crippen LogP contribution is -2.47. The molecule has 0 bridgehead atoms. The average Bonchev–Trinajstić information content (AvgIpc) is 3.04. The number of nitrogens with zero attached hydrogens (tertiary/aromatic N) is 1. The molecule has 1 aliphatic rings. The first-order chi connectivity index (χ1) is 11.9. The number of hydrogen-bond donors (Lipinski definition) is 3. The number of aliphatic hydroxyl groups excluding tert-OH is 1. The predicted octanol–water partition coefficient (Wildman–Crippen LogP) is 2.68. The van der Waals surface area contributed by atoms with E-state index >= 15 is 0 Å². The van der Waals surface area contributed by atoms with E-state index in [0.717, 1.165) is 31.0 Å². The van der Waals surface area contributed by atoms with Crippen molar-refractivity contribution in [3.8, 4) is 0 Å². The number of benzene rings is 1. The molecule has 3 N–H and O–H groups in total. The van der Waals surface area contributed by atoms with Crippen molar-refractivity contribution in [3.05, 3.63) is 35.6 Å². The van der Waals surface area contributed by atoms with Crippen LogP contribution in [0.4, 0.5) is 4.39 Å². The maximum Gasteiger partial charge on any atom is 0.191 e. The molecule has 26 heavy (non-hydrogen) atoms. The minimum atomic E-state index is -0.224. The van der Waals surface area contributed by atoms with Gasteiger partial charge in [0.05, 0.1) is 6.61 Å². The van der Waals surface area contributed by atoms with Gasteiger partial charge >= 0.3 is 0 Å². The average molecular weight is 479 g/mol. The van der Waals surface area contributed by atoms with Gasteiger partial charge < -0.3 is 20.5 Å². The molecule has 1 atom stereocenters. The smallest absolute Gasteiger partial charge is 0.191 e. The van der Waals surface area contributed by atoms with E-state index in [1.54, 1.807) is 7.05 Å². The normalized spacial score (nSPS) is 20.6. The van der Waals surface area contributed by atoms with E-state index in [1.807, 2.05) is 12.1 Å². The molecule has 1 aliphatic heterocycles. The van der Waals surface area contributed by atoms with Crippen molar-refractivity contribution >= 4 is 29.9 Å². The monoisotopic (exact) mass is 479 g/mol. The Bertz CT molecular complexity index is 573. The lowest BCUT2D eigenvalue weighted by molar-refractivity contribution is 0.127. The van der Waals surface area contributed by atoms with Gasteiger partial charge in [-0.15, -0.1) is 24.0 Å². The molecule has 0 aromatic heterocycles. The highest BCUT2D eigenvalue weighted by atomic mass is 127. The highest BCUT2D eigenvalue weighted by molar-refractivity contribution is 14.0. The summed E-state index contributed by atoms with van der Waals surface area (Å²) in [5.74, 6) is 0.498. The molecule has 1 heterocycles. The summed E-state index contributed by atoms with van der Waals surface area (Å²) in [5.41, 5.74) is 0.876. The molecule has 1 unspecified atom stereocenters. The molecule has 1 aromatic carbocycles. The van der Waals surface area contributed by atoms with Crippen LogP contribution in [0.5, 0.6) is 0 Å². The lowest BCUT2D eigenvalue weighted by atomic mass is 9.84. The molecule has 148 valence electrons. The van der Waals surface area contributed by atoms with Crippen molar-refractivity contribution in [1.29, 1.82) is 0 Å². The zero-order chi connectivity index (χ0) is 18.3. The summed E-state index contributed by atoms with van der Waals surface area (Å²) in [6.45, 7) is 7.17. The van der Waals surface area contributed by atoms with Crippen LogP contribution in [0.2, 0.25) is 0 Å². The second kappa shape index (κ2) is 10.4. The zero-order valence-corrected chi connectivity index (χ0v) is 18.2. The van der Waals surface area contributed by atoms with Crippen LogP contribution in [0, 0.1) is 11.2 Å². The van der Waals surface area contributed by atoms with Gasteiger partial charge in [0.2, 0.25) is 0 Å². The first-order valence-electron chi connectivity index (χ1n) is 8.80. The van der Waals surface area contributed by atoms with Gasteiger partial charge in [0.1, 0.15) is 5.82 Å². The molecule has 0 amide bonds. The van der Waals surface area contributed by atoms with Crippen molar-refractivity contribution in [1.82, 2.24) is 10.6 Å². The number of ether oxygens (including phenoxy) is 1.